The second-order valence-electron chi connectivity index (χ2n) is 7.06. The number of carbonyl (C=O) groups is 3. The number of hydrogen-bond acceptors (Lipinski definition) is 5. The van der Waals surface area contributed by atoms with Crippen LogP contribution in [0.3, 0.4) is 0 Å². The highest BCUT2D eigenvalue weighted by atomic mass is 16.5. The minimum absolute atomic E-state index is 0.127. The summed E-state index contributed by atoms with van der Waals surface area (Å²) in [6, 6.07) is 10.4. The molecule has 0 saturated heterocycles. The molecule has 3 rings (SSSR count). The van der Waals surface area contributed by atoms with Crippen LogP contribution in [-0.2, 0) is 0 Å². The fourth-order valence-corrected chi connectivity index (χ4v) is 3.26. The van der Waals surface area contributed by atoms with Gasteiger partial charge in [0.15, 0.2) is 5.78 Å². The molecule has 3 aromatic rings. The third kappa shape index (κ3) is 4.53. The van der Waals surface area contributed by atoms with Gasteiger partial charge < -0.3 is 20.9 Å². The van der Waals surface area contributed by atoms with Crippen molar-refractivity contribution in [3.63, 3.8) is 0 Å². The summed E-state index contributed by atoms with van der Waals surface area (Å²) in [4.78, 5) is 36.9. The number of ether oxygens (including phenoxy) is 1. The molecule has 162 valence electrons. The fraction of sp³-hybridized carbons (Fsp3) is 0.261. The molecular formula is C23H25N3O5. The van der Waals surface area contributed by atoms with Crippen molar-refractivity contribution in [3.8, 4) is 11.6 Å². The molecule has 8 nitrogen and oxygen atoms in total. The lowest BCUT2D eigenvalue weighted by Crippen LogP contribution is -2.19. The van der Waals surface area contributed by atoms with E-state index in [1.165, 1.54) is 18.2 Å². The largest absolute Gasteiger partial charge is 0.494 e. The van der Waals surface area contributed by atoms with Gasteiger partial charge in [-0.15, -0.1) is 0 Å². The summed E-state index contributed by atoms with van der Waals surface area (Å²) in [5, 5.41) is 13.5. The molecule has 1 heterocycles. The Morgan fingerprint density at radius 3 is 2.42 bits per heavy atom. The zero-order valence-electron chi connectivity index (χ0n) is 17.5. The number of aromatic hydroxyl groups is 1. The molecule has 0 aliphatic heterocycles. The van der Waals surface area contributed by atoms with E-state index in [-0.39, 0.29) is 28.7 Å². The van der Waals surface area contributed by atoms with Crippen LogP contribution in [0.15, 0.2) is 42.5 Å². The lowest BCUT2D eigenvalue weighted by Gasteiger charge is -2.08. The summed E-state index contributed by atoms with van der Waals surface area (Å²) >= 11 is 0. The van der Waals surface area contributed by atoms with Gasteiger partial charge in [-0.25, -0.2) is 9.36 Å². The molecule has 1 aromatic heterocycles. The second-order valence-corrected chi connectivity index (χ2v) is 7.06. The maximum atomic E-state index is 13.0. The molecule has 2 aromatic carbocycles. The number of nitrogens with zero attached hydrogens (tertiary/aromatic N) is 1. The maximum absolute atomic E-state index is 13.0. The first-order chi connectivity index (χ1) is 14.9. The van der Waals surface area contributed by atoms with Gasteiger partial charge in [0.2, 0.25) is 5.88 Å². The number of unbranched alkanes of at least 4 members (excludes halogenated alkanes) is 1. The number of nitrogens with one attached hydrogen (secondary N) is 1. The second kappa shape index (κ2) is 9.34. The molecule has 0 atom stereocenters. The van der Waals surface area contributed by atoms with Crippen molar-refractivity contribution in [2.24, 2.45) is 5.73 Å². The zero-order valence-corrected chi connectivity index (χ0v) is 17.5. The van der Waals surface area contributed by atoms with Crippen molar-refractivity contribution in [2.45, 2.75) is 33.1 Å². The summed E-state index contributed by atoms with van der Waals surface area (Å²) < 4.78 is 6.45. The van der Waals surface area contributed by atoms with Crippen LogP contribution in [0.2, 0.25) is 0 Å². The number of ketones is 1. The van der Waals surface area contributed by atoms with Gasteiger partial charge in [0.05, 0.1) is 12.1 Å². The van der Waals surface area contributed by atoms with E-state index in [0.29, 0.717) is 23.6 Å². The normalized spacial score (nSPS) is 10.8. The number of nitrogens with two attached hydrogens (primary N) is 1. The molecule has 0 saturated carbocycles. The van der Waals surface area contributed by atoms with Crippen LogP contribution in [0.4, 0.5) is 10.5 Å². The first-order valence-corrected chi connectivity index (χ1v) is 10.1. The maximum Gasteiger partial charge on any atom is 0.326 e. The lowest BCUT2D eigenvalue weighted by molar-refractivity contribution is 0.0985. The minimum atomic E-state index is -0.940. The third-order valence-corrected chi connectivity index (χ3v) is 4.91. The number of aromatic nitrogens is 1. The first-order valence-electron chi connectivity index (χ1n) is 10.1. The number of Topliss-reactive ketones (excluding diaryl/α,β-unsaturated/α-hetero) is 1. The van der Waals surface area contributed by atoms with Gasteiger partial charge in [-0.05, 0) is 48.9 Å². The molecule has 0 aliphatic rings. The Labute approximate surface area is 179 Å². The Hall–Kier alpha value is -3.81. The SMILES string of the molecule is CCCCOc1ccc(NC(=O)c2c(O)n(C(N)=O)c3ccc(C(=O)CC)cc23)cc1. The summed E-state index contributed by atoms with van der Waals surface area (Å²) in [7, 11) is 0. The molecule has 4 N–H and O–H groups in total. The summed E-state index contributed by atoms with van der Waals surface area (Å²) in [5.74, 6) is -0.663. The number of hydrogen-bond donors (Lipinski definition) is 3. The van der Waals surface area contributed by atoms with Gasteiger partial charge in [0, 0.05) is 23.1 Å². The van der Waals surface area contributed by atoms with Crippen molar-refractivity contribution in [1.82, 2.24) is 4.57 Å². The molecule has 0 radical (unpaired) electrons. The number of amides is 2. The lowest BCUT2D eigenvalue weighted by atomic mass is 10.0. The van der Waals surface area contributed by atoms with E-state index in [1.54, 1.807) is 31.2 Å². The van der Waals surface area contributed by atoms with E-state index in [1.807, 2.05) is 0 Å². The van der Waals surface area contributed by atoms with E-state index >= 15 is 0 Å². The number of primary amides is 1. The Morgan fingerprint density at radius 1 is 1.10 bits per heavy atom. The standard InChI is InChI=1S/C23H25N3O5/c1-3-5-12-31-16-9-7-15(8-10-16)25-21(28)20-17-13-14(19(27)4-2)6-11-18(17)26(22(20)29)23(24)30/h6-11,13,29H,3-5,12H2,1-2H3,(H2,24,30)(H,25,28). The minimum Gasteiger partial charge on any atom is -0.494 e. The van der Waals surface area contributed by atoms with E-state index in [4.69, 9.17) is 10.5 Å². The van der Waals surface area contributed by atoms with Crippen LogP contribution < -0.4 is 15.8 Å². The fourth-order valence-electron chi connectivity index (χ4n) is 3.26. The van der Waals surface area contributed by atoms with Gasteiger partial charge in [-0.3, -0.25) is 9.59 Å². The molecular weight excluding hydrogens is 398 g/mol. The van der Waals surface area contributed by atoms with Crippen LogP contribution >= 0.6 is 0 Å². The molecule has 2 amide bonds. The summed E-state index contributed by atoms with van der Waals surface area (Å²) in [6.07, 6.45) is 2.26. The Bertz CT molecular complexity index is 1130. The van der Waals surface area contributed by atoms with Crippen LogP contribution in [0.25, 0.3) is 10.9 Å². The monoisotopic (exact) mass is 423 g/mol. The van der Waals surface area contributed by atoms with E-state index in [2.05, 4.69) is 12.2 Å². The van der Waals surface area contributed by atoms with Crippen LogP contribution in [-0.4, -0.2) is 34.0 Å². The highest BCUT2D eigenvalue weighted by Crippen LogP contribution is 2.33. The average molecular weight is 423 g/mol. The number of anilines is 1. The number of benzene rings is 2. The molecule has 0 bridgehead atoms. The Balaban J connectivity index is 1.95. The molecule has 8 heteroatoms. The van der Waals surface area contributed by atoms with Crippen LogP contribution in [0.5, 0.6) is 11.6 Å². The van der Waals surface area contributed by atoms with Crippen molar-refractivity contribution < 1.29 is 24.2 Å². The number of fused-ring (bicyclic) bond motifs is 1. The van der Waals surface area contributed by atoms with Gasteiger partial charge in [0.25, 0.3) is 5.91 Å². The molecule has 31 heavy (non-hydrogen) atoms. The van der Waals surface area contributed by atoms with Gasteiger partial charge in [0.1, 0.15) is 11.3 Å². The molecule has 0 aliphatic carbocycles. The average Bonchev–Trinajstić information content (AvgIpc) is 3.05. The van der Waals surface area contributed by atoms with Crippen molar-refractivity contribution in [1.29, 1.82) is 0 Å². The molecule has 0 unspecified atom stereocenters. The number of rotatable bonds is 8. The van der Waals surface area contributed by atoms with E-state index in [9.17, 15) is 19.5 Å². The summed E-state index contributed by atoms with van der Waals surface area (Å²) in [6.45, 7) is 4.41. The highest BCUT2D eigenvalue weighted by Gasteiger charge is 2.25. The highest BCUT2D eigenvalue weighted by molar-refractivity contribution is 6.17. The van der Waals surface area contributed by atoms with E-state index in [0.717, 1.165) is 17.4 Å². The number of carbonyl (C=O) groups excluding carboxylic acids is 3. The molecule has 0 fully saturated rings. The van der Waals surface area contributed by atoms with E-state index < -0.39 is 17.8 Å². The first kappa shape index (κ1) is 21.9. The smallest absolute Gasteiger partial charge is 0.326 e. The van der Waals surface area contributed by atoms with Gasteiger partial charge in [-0.2, -0.15) is 0 Å². The zero-order chi connectivity index (χ0) is 22.5. The Morgan fingerprint density at radius 2 is 1.81 bits per heavy atom. The molecule has 0 spiro atoms. The van der Waals surface area contributed by atoms with Crippen LogP contribution in [0.1, 0.15) is 53.8 Å². The van der Waals surface area contributed by atoms with Crippen molar-refractivity contribution in [2.75, 3.05) is 11.9 Å². The third-order valence-electron chi connectivity index (χ3n) is 4.91. The van der Waals surface area contributed by atoms with Crippen molar-refractivity contribution in [3.05, 3.63) is 53.6 Å². The quantitative estimate of drug-likeness (QED) is 0.368. The predicted octanol–water partition coefficient (Wildman–Crippen LogP) is 4.30. The van der Waals surface area contributed by atoms with Crippen molar-refractivity contribution >= 4 is 34.3 Å². The van der Waals surface area contributed by atoms with Gasteiger partial charge >= 0.3 is 6.03 Å². The van der Waals surface area contributed by atoms with Crippen LogP contribution in [0, 0.1) is 0 Å². The summed E-state index contributed by atoms with van der Waals surface area (Å²) in [5.41, 5.74) is 6.34. The predicted molar refractivity (Wildman–Crippen MR) is 118 cm³/mol. The topological polar surface area (TPSA) is 124 Å². The Kier molecular flexibility index (Phi) is 6.59. The van der Waals surface area contributed by atoms with Gasteiger partial charge in [-0.1, -0.05) is 20.3 Å².